The van der Waals surface area contributed by atoms with Gasteiger partial charge in [-0.1, -0.05) is 48.0 Å². The molecule has 3 rings (SSSR count). The van der Waals surface area contributed by atoms with Crippen LogP contribution in [-0.2, 0) is 14.3 Å². The monoisotopic (exact) mass is 398 g/mol. The van der Waals surface area contributed by atoms with E-state index in [-0.39, 0.29) is 17.5 Å². The first-order valence-electron chi connectivity index (χ1n) is 9.29. The van der Waals surface area contributed by atoms with Crippen LogP contribution >= 0.6 is 11.6 Å². The summed E-state index contributed by atoms with van der Waals surface area (Å²) >= 11 is 6.12. The van der Waals surface area contributed by atoms with Crippen LogP contribution in [0.4, 0.5) is 5.69 Å². The highest BCUT2D eigenvalue weighted by atomic mass is 35.5. The first kappa shape index (κ1) is 20.1. The number of halogens is 1. The van der Waals surface area contributed by atoms with Crippen molar-refractivity contribution < 1.29 is 14.3 Å². The van der Waals surface area contributed by atoms with Gasteiger partial charge in [0.2, 0.25) is 0 Å². The quantitative estimate of drug-likeness (QED) is 0.533. The van der Waals surface area contributed by atoms with Crippen LogP contribution in [0.1, 0.15) is 24.5 Å². The Morgan fingerprint density at radius 2 is 1.82 bits per heavy atom. The summed E-state index contributed by atoms with van der Waals surface area (Å²) in [6.07, 6.45) is 0.594. The fourth-order valence-corrected chi connectivity index (χ4v) is 3.27. The molecule has 0 aromatic heterocycles. The number of carbonyl (C=O) groups excluding carboxylic acids is 2. The van der Waals surface area contributed by atoms with Gasteiger partial charge in [-0.05, 0) is 43.5 Å². The molecule has 1 N–H and O–H groups in total. The number of hydrogen-bond donors (Lipinski definition) is 1. The van der Waals surface area contributed by atoms with Crippen molar-refractivity contribution in [2.45, 2.75) is 20.3 Å². The van der Waals surface area contributed by atoms with Crippen LogP contribution in [0.2, 0.25) is 5.02 Å². The molecule has 0 fully saturated rings. The van der Waals surface area contributed by atoms with Crippen LogP contribution in [0.25, 0.3) is 5.57 Å². The molecule has 1 aliphatic heterocycles. The Balaban J connectivity index is 1.95. The van der Waals surface area contributed by atoms with E-state index in [4.69, 9.17) is 16.3 Å². The minimum absolute atomic E-state index is 0.276. The zero-order valence-electron chi connectivity index (χ0n) is 16.0. The number of amides is 2. The molecule has 2 aromatic rings. The summed E-state index contributed by atoms with van der Waals surface area (Å²) < 4.78 is 5.33. The van der Waals surface area contributed by atoms with E-state index in [0.717, 1.165) is 5.56 Å². The number of aryl methyl sites for hydroxylation is 1. The van der Waals surface area contributed by atoms with Gasteiger partial charge < -0.3 is 10.1 Å². The Labute approximate surface area is 169 Å². The second kappa shape index (κ2) is 9.04. The lowest BCUT2D eigenvalue weighted by Crippen LogP contribution is -2.34. The Hall–Kier alpha value is -2.63. The van der Waals surface area contributed by atoms with Gasteiger partial charge in [0.1, 0.15) is 5.70 Å². The van der Waals surface area contributed by atoms with Crippen molar-refractivity contribution in [1.29, 1.82) is 0 Å². The summed E-state index contributed by atoms with van der Waals surface area (Å²) in [5, 5.41) is 3.72. The Morgan fingerprint density at radius 3 is 2.54 bits per heavy atom. The van der Waals surface area contributed by atoms with Gasteiger partial charge in [0, 0.05) is 30.5 Å². The van der Waals surface area contributed by atoms with Crippen LogP contribution in [0.5, 0.6) is 0 Å². The lowest BCUT2D eigenvalue weighted by atomic mass is 10.0. The Kier molecular flexibility index (Phi) is 6.49. The van der Waals surface area contributed by atoms with Crippen molar-refractivity contribution in [3.63, 3.8) is 0 Å². The van der Waals surface area contributed by atoms with Crippen molar-refractivity contribution >= 4 is 34.7 Å². The van der Waals surface area contributed by atoms with Crippen molar-refractivity contribution in [3.8, 4) is 0 Å². The summed E-state index contributed by atoms with van der Waals surface area (Å²) in [6.45, 7) is 5.26. The van der Waals surface area contributed by atoms with Crippen LogP contribution < -0.4 is 5.32 Å². The van der Waals surface area contributed by atoms with Crippen LogP contribution in [0.3, 0.4) is 0 Å². The summed E-state index contributed by atoms with van der Waals surface area (Å²) in [7, 11) is 0. The fourth-order valence-electron chi connectivity index (χ4n) is 3.10. The molecule has 28 heavy (non-hydrogen) atoms. The second-order valence-corrected chi connectivity index (χ2v) is 6.95. The van der Waals surface area contributed by atoms with Gasteiger partial charge in [-0.25, -0.2) is 0 Å². The molecule has 0 saturated carbocycles. The van der Waals surface area contributed by atoms with Gasteiger partial charge in [0.25, 0.3) is 11.8 Å². The third-order valence-electron chi connectivity index (χ3n) is 4.56. The molecule has 0 radical (unpaired) electrons. The van der Waals surface area contributed by atoms with Crippen molar-refractivity contribution in [2.24, 2.45) is 0 Å². The Morgan fingerprint density at radius 1 is 1.07 bits per heavy atom. The molecular formula is C22H23ClN2O3. The van der Waals surface area contributed by atoms with E-state index in [2.05, 4.69) is 5.32 Å². The van der Waals surface area contributed by atoms with Crippen LogP contribution in [-0.4, -0.2) is 36.5 Å². The normalized spacial score (nSPS) is 14.2. The zero-order valence-corrected chi connectivity index (χ0v) is 16.8. The zero-order chi connectivity index (χ0) is 20.1. The van der Waals surface area contributed by atoms with Gasteiger partial charge in [0.05, 0.1) is 5.57 Å². The number of nitrogens with one attached hydrogen (secondary N) is 1. The minimum atomic E-state index is -0.334. The third kappa shape index (κ3) is 4.26. The number of imide groups is 1. The number of benzene rings is 2. The van der Waals surface area contributed by atoms with Gasteiger partial charge in [0.15, 0.2) is 0 Å². The maximum atomic E-state index is 13.1. The maximum Gasteiger partial charge on any atom is 0.278 e. The van der Waals surface area contributed by atoms with E-state index < -0.39 is 0 Å². The molecule has 0 saturated heterocycles. The SMILES string of the molecule is CCOCCCN1C(=O)C(Nc2cc(Cl)ccc2C)=C(c2ccccc2)C1=O. The molecule has 0 unspecified atom stereocenters. The standard InChI is InChI=1S/C22H23ClN2O3/c1-3-28-13-7-12-25-21(26)19(16-8-5-4-6-9-16)20(22(25)27)24-18-14-17(23)11-10-15(18)2/h4-6,8-11,14,24H,3,7,12-13H2,1-2H3. The van der Waals surface area contributed by atoms with E-state index >= 15 is 0 Å². The lowest BCUT2D eigenvalue weighted by Gasteiger charge is -2.15. The summed E-state index contributed by atoms with van der Waals surface area (Å²) in [5.41, 5.74) is 2.99. The number of nitrogens with zero attached hydrogens (tertiary/aromatic N) is 1. The minimum Gasteiger partial charge on any atom is -0.382 e. The molecule has 5 nitrogen and oxygen atoms in total. The first-order chi connectivity index (χ1) is 13.5. The molecule has 146 valence electrons. The fraction of sp³-hybridized carbons (Fsp3) is 0.273. The topological polar surface area (TPSA) is 58.6 Å². The number of rotatable bonds is 8. The molecule has 0 spiro atoms. The van der Waals surface area contributed by atoms with Crippen molar-refractivity contribution in [3.05, 3.63) is 70.4 Å². The molecule has 1 aliphatic rings. The van der Waals surface area contributed by atoms with Crippen LogP contribution in [0.15, 0.2) is 54.2 Å². The van der Waals surface area contributed by atoms with E-state index in [1.54, 1.807) is 12.1 Å². The van der Waals surface area contributed by atoms with Crippen LogP contribution in [0, 0.1) is 6.92 Å². The predicted molar refractivity (Wildman–Crippen MR) is 111 cm³/mol. The molecule has 6 heteroatoms. The van der Waals surface area contributed by atoms with E-state index in [1.807, 2.05) is 50.2 Å². The number of carbonyl (C=O) groups is 2. The van der Waals surface area contributed by atoms with Gasteiger partial charge in [-0.15, -0.1) is 0 Å². The molecule has 0 aliphatic carbocycles. The first-order valence-corrected chi connectivity index (χ1v) is 9.67. The largest absolute Gasteiger partial charge is 0.382 e. The summed E-state index contributed by atoms with van der Waals surface area (Å²) in [6, 6.07) is 14.6. The molecule has 1 heterocycles. The molecule has 0 bridgehead atoms. The number of ether oxygens (including phenoxy) is 1. The molecule has 2 amide bonds. The smallest absolute Gasteiger partial charge is 0.278 e. The third-order valence-corrected chi connectivity index (χ3v) is 4.80. The van der Waals surface area contributed by atoms with Gasteiger partial charge >= 0.3 is 0 Å². The van der Waals surface area contributed by atoms with Gasteiger partial charge in [-0.3, -0.25) is 14.5 Å². The second-order valence-electron chi connectivity index (χ2n) is 6.51. The molecule has 0 atom stereocenters. The Bertz CT molecular complexity index is 909. The highest BCUT2D eigenvalue weighted by molar-refractivity contribution is 6.36. The number of hydrogen-bond acceptors (Lipinski definition) is 4. The molecular weight excluding hydrogens is 376 g/mol. The predicted octanol–water partition coefficient (Wildman–Crippen LogP) is 4.27. The maximum absolute atomic E-state index is 13.1. The summed E-state index contributed by atoms with van der Waals surface area (Å²) in [5.74, 6) is -0.630. The van der Waals surface area contributed by atoms with Crippen molar-refractivity contribution in [2.75, 3.05) is 25.1 Å². The van der Waals surface area contributed by atoms with E-state index in [9.17, 15) is 9.59 Å². The van der Waals surface area contributed by atoms with E-state index in [0.29, 0.717) is 48.0 Å². The number of anilines is 1. The average molecular weight is 399 g/mol. The van der Waals surface area contributed by atoms with E-state index in [1.165, 1.54) is 4.90 Å². The highest BCUT2D eigenvalue weighted by Gasteiger charge is 2.38. The highest BCUT2D eigenvalue weighted by Crippen LogP contribution is 2.32. The van der Waals surface area contributed by atoms with Crippen molar-refractivity contribution in [1.82, 2.24) is 4.90 Å². The lowest BCUT2D eigenvalue weighted by molar-refractivity contribution is -0.137. The molecule has 2 aromatic carbocycles. The average Bonchev–Trinajstić information content (AvgIpc) is 2.92. The summed E-state index contributed by atoms with van der Waals surface area (Å²) in [4.78, 5) is 27.4. The van der Waals surface area contributed by atoms with Gasteiger partial charge in [-0.2, -0.15) is 0 Å².